The molecule has 4 nitrogen and oxygen atoms in total. The molecule has 0 aliphatic heterocycles. The highest BCUT2D eigenvalue weighted by Gasteiger charge is 2.25. The van der Waals surface area contributed by atoms with Crippen LogP contribution in [0.25, 0.3) is 0 Å². The highest BCUT2D eigenvalue weighted by Crippen LogP contribution is 2.28. The minimum absolute atomic E-state index is 0.0888. The molecule has 2 aromatic carbocycles. The molecule has 2 rings (SSSR count). The Morgan fingerprint density at radius 1 is 1.05 bits per heavy atom. The van der Waals surface area contributed by atoms with Gasteiger partial charge in [-0.1, -0.05) is 22.0 Å². The second-order valence-corrected chi connectivity index (χ2v) is 6.54. The summed E-state index contributed by atoms with van der Waals surface area (Å²) in [7, 11) is -4.58. The standard InChI is InChI=1S/C12H8BrF3N2O2S/c13-6-4-8(15)11(9(16)5-6)18-21(19,20)12-7(14)2-1-3-10(12)17/h1-5,18H,17H2. The first kappa shape index (κ1) is 15.6. The molecule has 9 heteroatoms. The van der Waals surface area contributed by atoms with E-state index in [1.165, 1.54) is 6.07 Å². The zero-order valence-corrected chi connectivity index (χ0v) is 12.6. The summed E-state index contributed by atoms with van der Waals surface area (Å²) in [5.74, 6) is -3.43. The number of rotatable bonds is 3. The molecule has 0 saturated carbocycles. The Morgan fingerprint density at radius 2 is 1.62 bits per heavy atom. The van der Waals surface area contributed by atoms with E-state index < -0.39 is 38.1 Å². The number of hydrogen-bond acceptors (Lipinski definition) is 3. The van der Waals surface area contributed by atoms with Crippen molar-refractivity contribution in [1.29, 1.82) is 0 Å². The molecule has 0 radical (unpaired) electrons. The number of nitrogens with one attached hydrogen (secondary N) is 1. The second-order valence-electron chi connectivity index (χ2n) is 4.01. The van der Waals surface area contributed by atoms with E-state index in [0.29, 0.717) is 0 Å². The van der Waals surface area contributed by atoms with Crippen LogP contribution >= 0.6 is 15.9 Å². The predicted molar refractivity (Wildman–Crippen MR) is 75.7 cm³/mol. The van der Waals surface area contributed by atoms with Gasteiger partial charge in [0.15, 0.2) is 11.6 Å². The van der Waals surface area contributed by atoms with Gasteiger partial charge in [0.1, 0.15) is 16.4 Å². The van der Waals surface area contributed by atoms with Gasteiger partial charge in [-0.2, -0.15) is 0 Å². The molecule has 0 aliphatic rings. The second kappa shape index (κ2) is 5.57. The van der Waals surface area contributed by atoms with E-state index in [0.717, 1.165) is 24.3 Å². The monoisotopic (exact) mass is 380 g/mol. The lowest BCUT2D eigenvalue weighted by atomic mass is 10.3. The fourth-order valence-corrected chi connectivity index (χ4v) is 3.31. The molecule has 0 atom stereocenters. The maximum absolute atomic E-state index is 13.6. The fraction of sp³-hybridized carbons (Fsp3) is 0. The average molecular weight is 381 g/mol. The summed E-state index contributed by atoms with van der Waals surface area (Å²) >= 11 is 2.86. The molecule has 0 bridgehead atoms. The van der Waals surface area contributed by atoms with Crippen LogP contribution in [0, 0.1) is 17.5 Å². The summed E-state index contributed by atoms with van der Waals surface area (Å²) in [6.45, 7) is 0. The molecule has 0 heterocycles. The number of nitrogen functional groups attached to an aromatic ring is 1. The van der Waals surface area contributed by atoms with Gasteiger partial charge in [0.05, 0.1) is 5.69 Å². The van der Waals surface area contributed by atoms with Gasteiger partial charge in [-0.15, -0.1) is 0 Å². The van der Waals surface area contributed by atoms with Gasteiger partial charge in [0, 0.05) is 4.47 Å². The average Bonchev–Trinajstić information content (AvgIpc) is 2.33. The molecule has 0 unspecified atom stereocenters. The normalized spacial score (nSPS) is 11.4. The number of hydrogen-bond donors (Lipinski definition) is 2. The summed E-state index contributed by atoms with van der Waals surface area (Å²) in [5.41, 5.74) is 4.12. The van der Waals surface area contributed by atoms with E-state index in [4.69, 9.17) is 5.73 Å². The Kier molecular flexibility index (Phi) is 4.15. The summed E-state index contributed by atoms with van der Waals surface area (Å²) in [5, 5.41) is 0. The third-order valence-corrected chi connectivity index (χ3v) is 4.41. The van der Waals surface area contributed by atoms with Crippen molar-refractivity contribution in [3.05, 3.63) is 52.3 Å². The molecule has 3 N–H and O–H groups in total. The third-order valence-electron chi connectivity index (χ3n) is 2.51. The molecule has 0 spiro atoms. The van der Waals surface area contributed by atoms with Crippen molar-refractivity contribution >= 4 is 37.3 Å². The third kappa shape index (κ3) is 3.13. The first-order chi connectivity index (χ1) is 9.72. The van der Waals surface area contributed by atoms with E-state index in [9.17, 15) is 21.6 Å². The topological polar surface area (TPSA) is 72.2 Å². The molecule has 0 aromatic heterocycles. The summed E-state index contributed by atoms with van der Waals surface area (Å²) in [6.07, 6.45) is 0. The Morgan fingerprint density at radius 3 is 2.14 bits per heavy atom. The SMILES string of the molecule is Nc1cccc(F)c1S(=O)(=O)Nc1c(F)cc(Br)cc1F. The van der Waals surface area contributed by atoms with Crippen molar-refractivity contribution in [2.75, 3.05) is 10.5 Å². The Balaban J connectivity index is 2.53. The number of sulfonamides is 1. The zero-order valence-electron chi connectivity index (χ0n) is 10.2. The molecule has 21 heavy (non-hydrogen) atoms. The molecule has 0 aliphatic carbocycles. The fourth-order valence-electron chi connectivity index (χ4n) is 1.63. The van der Waals surface area contributed by atoms with E-state index in [-0.39, 0.29) is 10.2 Å². The number of anilines is 2. The largest absolute Gasteiger partial charge is 0.398 e. The molecule has 2 aromatic rings. The van der Waals surface area contributed by atoms with Gasteiger partial charge in [-0.05, 0) is 24.3 Å². The van der Waals surface area contributed by atoms with Gasteiger partial charge >= 0.3 is 0 Å². The van der Waals surface area contributed by atoms with Crippen molar-refractivity contribution in [1.82, 2.24) is 0 Å². The highest BCUT2D eigenvalue weighted by molar-refractivity contribution is 9.10. The van der Waals surface area contributed by atoms with Crippen LogP contribution in [0.3, 0.4) is 0 Å². The van der Waals surface area contributed by atoms with E-state index >= 15 is 0 Å². The Hall–Kier alpha value is -1.74. The van der Waals surface area contributed by atoms with Gasteiger partial charge in [0.2, 0.25) is 0 Å². The molecule has 0 fully saturated rings. The van der Waals surface area contributed by atoms with Crippen LogP contribution in [0.15, 0.2) is 39.7 Å². The smallest absolute Gasteiger partial charge is 0.267 e. The maximum Gasteiger partial charge on any atom is 0.267 e. The van der Waals surface area contributed by atoms with Crippen LogP contribution in [0.5, 0.6) is 0 Å². The predicted octanol–water partition coefficient (Wildman–Crippen LogP) is 3.25. The van der Waals surface area contributed by atoms with Crippen LogP contribution in [0.1, 0.15) is 0 Å². The number of nitrogens with two attached hydrogens (primary N) is 1. The minimum atomic E-state index is -4.58. The first-order valence-corrected chi connectivity index (χ1v) is 7.71. The van der Waals surface area contributed by atoms with Crippen LogP contribution in [-0.2, 0) is 10.0 Å². The minimum Gasteiger partial charge on any atom is -0.398 e. The summed E-state index contributed by atoms with van der Waals surface area (Å²) in [6, 6.07) is 4.98. The van der Waals surface area contributed by atoms with Crippen molar-refractivity contribution in [3.8, 4) is 0 Å². The maximum atomic E-state index is 13.6. The van der Waals surface area contributed by atoms with Gasteiger partial charge < -0.3 is 5.73 Å². The van der Waals surface area contributed by atoms with Crippen molar-refractivity contribution in [2.24, 2.45) is 0 Å². The Bertz CT molecular complexity index is 769. The summed E-state index contributed by atoms with van der Waals surface area (Å²) < 4.78 is 66.8. The van der Waals surface area contributed by atoms with Gasteiger partial charge in [-0.25, -0.2) is 21.6 Å². The van der Waals surface area contributed by atoms with Crippen molar-refractivity contribution in [3.63, 3.8) is 0 Å². The molecular weight excluding hydrogens is 373 g/mol. The van der Waals surface area contributed by atoms with E-state index in [1.807, 2.05) is 0 Å². The van der Waals surface area contributed by atoms with Crippen LogP contribution in [0.4, 0.5) is 24.5 Å². The summed E-state index contributed by atoms with van der Waals surface area (Å²) in [4.78, 5) is -0.869. The Labute approximate surface area is 127 Å². The van der Waals surface area contributed by atoms with Crippen LogP contribution in [0.2, 0.25) is 0 Å². The quantitative estimate of drug-likeness (QED) is 0.802. The zero-order chi connectivity index (χ0) is 15.8. The van der Waals surface area contributed by atoms with Gasteiger partial charge in [0.25, 0.3) is 10.0 Å². The molecule has 112 valence electrons. The van der Waals surface area contributed by atoms with Gasteiger partial charge in [-0.3, -0.25) is 4.72 Å². The lowest BCUT2D eigenvalue weighted by Gasteiger charge is -2.12. The van der Waals surface area contributed by atoms with Crippen LogP contribution in [-0.4, -0.2) is 8.42 Å². The number of benzene rings is 2. The van der Waals surface area contributed by atoms with Crippen molar-refractivity contribution in [2.45, 2.75) is 4.90 Å². The molecule has 0 saturated heterocycles. The number of halogens is 4. The first-order valence-electron chi connectivity index (χ1n) is 5.43. The van der Waals surface area contributed by atoms with Crippen LogP contribution < -0.4 is 10.5 Å². The molecule has 0 amide bonds. The van der Waals surface area contributed by atoms with E-state index in [2.05, 4.69) is 15.9 Å². The van der Waals surface area contributed by atoms with Crippen molar-refractivity contribution < 1.29 is 21.6 Å². The van der Waals surface area contributed by atoms with E-state index in [1.54, 1.807) is 4.72 Å². The highest BCUT2D eigenvalue weighted by atomic mass is 79.9. The lowest BCUT2D eigenvalue weighted by Crippen LogP contribution is -2.18. The lowest BCUT2D eigenvalue weighted by molar-refractivity contribution is 0.567. The molecular formula is C12H8BrF3N2O2S.